The predicted octanol–water partition coefficient (Wildman–Crippen LogP) is 2.48. The number of methoxy groups -OCH3 is 2. The van der Waals surface area contributed by atoms with Gasteiger partial charge in [-0.1, -0.05) is 24.3 Å². The minimum Gasteiger partial charge on any atom is -0.493 e. The van der Waals surface area contributed by atoms with Gasteiger partial charge in [-0.25, -0.2) is 0 Å². The molecule has 2 N–H and O–H groups in total. The standard InChI is InChI=1S/C18H20N2O3/c1-22-16-9-14(15(19)10-17(16)23-2)18(21)20-8-7-12-5-3-4-6-13(12)11-20/h3-6,9-10H,7-8,11,19H2,1-2H3. The number of carbonyl (C=O) groups is 1. The van der Waals surface area contributed by atoms with E-state index >= 15 is 0 Å². The molecule has 0 saturated heterocycles. The summed E-state index contributed by atoms with van der Waals surface area (Å²) in [5.74, 6) is 0.936. The molecular formula is C18H20N2O3. The van der Waals surface area contributed by atoms with E-state index in [1.165, 1.54) is 11.1 Å². The maximum Gasteiger partial charge on any atom is 0.256 e. The second-order valence-corrected chi connectivity index (χ2v) is 5.54. The normalized spacial score (nSPS) is 13.4. The maximum atomic E-state index is 12.8. The van der Waals surface area contributed by atoms with E-state index in [4.69, 9.17) is 15.2 Å². The number of nitrogens with two attached hydrogens (primary N) is 1. The summed E-state index contributed by atoms with van der Waals surface area (Å²) in [6.45, 7) is 1.28. The zero-order valence-electron chi connectivity index (χ0n) is 13.3. The van der Waals surface area contributed by atoms with Crippen LogP contribution in [-0.4, -0.2) is 31.6 Å². The van der Waals surface area contributed by atoms with Crippen LogP contribution < -0.4 is 15.2 Å². The molecule has 23 heavy (non-hydrogen) atoms. The number of hydrogen-bond donors (Lipinski definition) is 1. The van der Waals surface area contributed by atoms with Crippen LogP contribution in [0.25, 0.3) is 0 Å². The number of rotatable bonds is 3. The summed E-state index contributed by atoms with van der Waals surface area (Å²) >= 11 is 0. The van der Waals surface area contributed by atoms with Gasteiger partial charge in [-0.15, -0.1) is 0 Å². The molecule has 0 saturated carbocycles. The molecule has 2 aromatic carbocycles. The number of anilines is 1. The molecule has 2 aromatic rings. The SMILES string of the molecule is COc1cc(N)c(C(=O)N2CCc3ccccc3C2)cc1OC. The molecule has 5 heteroatoms. The Labute approximate surface area is 135 Å². The molecule has 0 unspecified atom stereocenters. The summed E-state index contributed by atoms with van der Waals surface area (Å²) in [6, 6.07) is 11.5. The summed E-state index contributed by atoms with van der Waals surface area (Å²) in [7, 11) is 3.08. The van der Waals surface area contributed by atoms with Gasteiger partial charge < -0.3 is 20.1 Å². The van der Waals surface area contributed by atoms with E-state index in [0.29, 0.717) is 35.8 Å². The Bertz CT molecular complexity index is 743. The molecule has 0 radical (unpaired) electrons. The predicted molar refractivity (Wildman–Crippen MR) is 88.8 cm³/mol. The summed E-state index contributed by atoms with van der Waals surface area (Å²) in [5, 5.41) is 0. The Morgan fingerprint density at radius 1 is 1.09 bits per heavy atom. The van der Waals surface area contributed by atoms with Gasteiger partial charge in [-0.05, 0) is 23.6 Å². The minimum absolute atomic E-state index is 0.0852. The van der Waals surface area contributed by atoms with Gasteiger partial charge in [0.05, 0.1) is 19.8 Å². The lowest BCUT2D eigenvalue weighted by molar-refractivity contribution is 0.0735. The highest BCUT2D eigenvalue weighted by molar-refractivity contribution is 6.00. The van der Waals surface area contributed by atoms with Gasteiger partial charge in [0, 0.05) is 24.8 Å². The Kier molecular flexibility index (Phi) is 4.10. The number of carbonyl (C=O) groups excluding carboxylic acids is 1. The first-order valence-corrected chi connectivity index (χ1v) is 7.51. The fourth-order valence-corrected chi connectivity index (χ4v) is 2.92. The van der Waals surface area contributed by atoms with Crippen molar-refractivity contribution in [1.82, 2.24) is 4.90 Å². The van der Waals surface area contributed by atoms with Crippen molar-refractivity contribution < 1.29 is 14.3 Å². The topological polar surface area (TPSA) is 64.8 Å². The number of amides is 1. The van der Waals surface area contributed by atoms with E-state index in [-0.39, 0.29) is 5.91 Å². The van der Waals surface area contributed by atoms with E-state index < -0.39 is 0 Å². The molecule has 5 nitrogen and oxygen atoms in total. The first kappa shape index (κ1) is 15.2. The summed E-state index contributed by atoms with van der Waals surface area (Å²) in [4.78, 5) is 14.7. The molecular weight excluding hydrogens is 292 g/mol. The minimum atomic E-state index is -0.0852. The van der Waals surface area contributed by atoms with Crippen molar-refractivity contribution in [3.8, 4) is 11.5 Å². The van der Waals surface area contributed by atoms with Gasteiger partial charge in [0.15, 0.2) is 11.5 Å². The summed E-state index contributed by atoms with van der Waals surface area (Å²) < 4.78 is 10.5. The largest absolute Gasteiger partial charge is 0.493 e. The number of fused-ring (bicyclic) bond motifs is 1. The average Bonchev–Trinajstić information content (AvgIpc) is 2.60. The molecule has 0 bridgehead atoms. The summed E-state index contributed by atoms with van der Waals surface area (Å²) in [6.07, 6.45) is 0.856. The fourth-order valence-electron chi connectivity index (χ4n) is 2.92. The molecule has 1 aliphatic rings. The maximum absolute atomic E-state index is 12.8. The molecule has 3 rings (SSSR count). The van der Waals surface area contributed by atoms with Crippen molar-refractivity contribution in [2.45, 2.75) is 13.0 Å². The van der Waals surface area contributed by atoms with Gasteiger partial charge >= 0.3 is 0 Å². The van der Waals surface area contributed by atoms with Crippen molar-refractivity contribution in [2.75, 3.05) is 26.5 Å². The molecule has 1 aliphatic heterocycles. The third-order valence-corrected chi connectivity index (χ3v) is 4.20. The van der Waals surface area contributed by atoms with Crippen LogP contribution in [0.3, 0.4) is 0 Å². The van der Waals surface area contributed by atoms with Crippen molar-refractivity contribution in [1.29, 1.82) is 0 Å². The van der Waals surface area contributed by atoms with Crippen molar-refractivity contribution in [3.63, 3.8) is 0 Å². The van der Waals surface area contributed by atoms with Crippen molar-refractivity contribution in [3.05, 3.63) is 53.1 Å². The number of nitrogen functional groups attached to an aromatic ring is 1. The Morgan fingerprint density at radius 3 is 2.43 bits per heavy atom. The molecule has 1 amide bonds. The third kappa shape index (κ3) is 2.82. The van der Waals surface area contributed by atoms with Crippen LogP contribution in [0.1, 0.15) is 21.5 Å². The number of nitrogens with zero attached hydrogens (tertiary/aromatic N) is 1. The number of benzene rings is 2. The summed E-state index contributed by atoms with van der Waals surface area (Å²) in [5.41, 5.74) is 9.37. The van der Waals surface area contributed by atoms with Crippen LogP contribution in [0.2, 0.25) is 0 Å². The third-order valence-electron chi connectivity index (χ3n) is 4.20. The van der Waals surface area contributed by atoms with Gasteiger partial charge in [0.2, 0.25) is 0 Å². The van der Waals surface area contributed by atoms with Gasteiger partial charge in [0.25, 0.3) is 5.91 Å². The monoisotopic (exact) mass is 312 g/mol. The van der Waals surface area contributed by atoms with Crippen LogP contribution in [0.15, 0.2) is 36.4 Å². The van der Waals surface area contributed by atoms with E-state index in [1.54, 1.807) is 26.4 Å². The molecule has 0 aromatic heterocycles. The van der Waals surface area contributed by atoms with Crippen LogP contribution in [0.5, 0.6) is 11.5 Å². The van der Waals surface area contributed by atoms with E-state index in [2.05, 4.69) is 12.1 Å². The van der Waals surface area contributed by atoms with E-state index in [0.717, 1.165) is 6.42 Å². The molecule has 120 valence electrons. The van der Waals surface area contributed by atoms with E-state index in [9.17, 15) is 4.79 Å². The highest BCUT2D eigenvalue weighted by Crippen LogP contribution is 2.33. The molecule has 1 heterocycles. The van der Waals surface area contributed by atoms with Gasteiger partial charge in [0.1, 0.15) is 0 Å². The van der Waals surface area contributed by atoms with E-state index in [1.807, 2.05) is 17.0 Å². The average molecular weight is 312 g/mol. The smallest absolute Gasteiger partial charge is 0.256 e. The molecule has 0 spiro atoms. The Hall–Kier alpha value is -2.69. The lowest BCUT2D eigenvalue weighted by atomic mass is 9.99. The first-order chi connectivity index (χ1) is 11.1. The second-order valence-electron chi connectivity index (χ2n) is 5.54. The molecule has 0 atom stereocenters. The Morgan fingerprint density at radius 2 is 1.74 bits per heavy atom. The molecule has 0 aliphatic carbocycles. The highest BCUT2D eigenvalue weighted by atomic mass is 16.5. The Balaban J connectivity index is 1.89. The zero-order chi connectivity index (χ0) is 16.4. The van der Waals surface area contributed by atoms with Crippen molar-refractivity contribution >= 4 is 11.6 Å². The lowest BCUT2D eigenvalue weighted by Crippen LogP contribution is -2.36. The first-order valence-electron chi connectivity index (χ1n) is 7.51. The van der Waals surface area contributed by atoms with Crippen LogP contribution in [0.4, 0.5) is 5.69 Å². The second kappa shape index (κ2) is 6.20. The van der Waals surface area contributed by atoms with Gasteiger partial charge in [-0.3, -0.25) is 4.79 Å². The van der Waals surface area contributed by atoms with Gasteiger partial charge in [-0.2, -0.15) is 0 Å². The number of hydrogen-bond acceptors (Lipinski definition) is 4. The van der Waals surface area contributed by atoms with Crippen LogP contribution in [0, 0.1) is 0 Å². The lowest BCUT2D eigenvalue weighted by Gasteiger charge is -2.29. The fraction of sp³-hybridized carbons (Fsp3) is 0.278. The molecule has 0 fully saturated rings. The number of ether oxygens (including phenoxy) is 2. The highest BCUT2D eigenvalue weighted by Gasteiger charge is 2.24. The zero-order valence-corrected chi connectivity index (χ0v) is 13.3. The van der Waals surface area contributed by atoms with Crippen LogP contribution >= 0.6 is 0 Å². The quantitative estimate of drug-likeness (QED) is 0.884. The van der Waals surface area contributed by atoms with Crippen LogP contribution in [-0.2, 0) is 13.0 Å². The van der Waals surface area contributed by atoms with Crippen molar-refractivity contribution in [2.24, 2.45) is 0 Å².